The van der Waals surface area contributed by atoms with E-state index < -0.39 is 0 Å². The van der Waals surface area contributed by atoms with Gasteiger partial charge in [0.15, 0.2) is 0 Å². The first-order valence-corrected chi connectivity index (χ1v) is 7.59. The summed E-state index contributed by atoms with van der Waals surface area (Å²) in [4.78, 5) is 14.9. The number of benzene rings is 2. The second-order valence-corrected chi connectivity index (χ2v) is 5.31. The third-order valence-corrected chi connectivity index (χ3v) is 3.73. The van der Waals surface area contributed by atoms with E-state index in [1.165, 1.54) is 11.1 Å². The lowest BCUT2D eigenvalue weighted by Crippen LogP contribution is -2.04. The quantitative estimate of drug-likeness (QED) is 0.719. The number of carbonyl (C=O) groups is 1. The maximum absolute atomic E-state index is 11.8. The topological polar surface area (TPSA) is 42.1 Å². The van der Waals surface area contributed by atoms with E-state index in [9.17, 15) is 4.79 Å². The molecule has 0 aliphatic heterocycles. The molecule has 0 aliphatic carbocycles. The highest BCUT2D eigenvalue weighted by atomic mass is 16.5. The van der Waals surface area contributed by atoms with Crippen LogP contribution in [-0.2, 0) is 17.6 Å². The number of H-pyrrole nitrogens is 1. The number of ether oxygens (including phenoxy) is 1. The Bertz CT molecular complexity index is 774. The van der Waals surface area contributed by atoms with Crippen molar-refractivity contribution in [3.05, 3.63) is 71.4 Å². The van der Waals surface area contributed by atoms with Crippen LogP contribution >= 0.6 is 0 Å². The lowest BCUT2D eigenvalue weighted by Gasteiger charge is -2.02. The third-order valence-electron chi connectivity index (χ3n) is 3.73. The summed E-state index contributed by atoms with van der Waals surface area (Å²) in [5, 5.41) is 1.05. The van der Waals surface area contributed by atoms with Gasteiger partial charge in [-0.25, -0.2) is 4.79 Å². The highest BCUT2D eigenvalue weighted by molar-refractivity contribution is 5.94. The molecule has 22 heavy (non-hydrogen) atoms. The summed E-state index contributed by atoms with van der Waals surface area (Å²) in [7, 11) is 0. The zero-order valence-electron chi connectivity index (χ0n) is 12.6. The number of rotatable bonds is 5. The van der Waals surface area contributed by atoms with E-state index in [1.54, 1.807) is 0 Å². The summed E-state index contributed by atoms with van der Waals surface area (Å²) < 4.78 is 5.02. The summed E-state index contributed by atoms with van der Waals surface area (Å²) in [6.45, 7) is 2.19. The molecule has 3 rings (SSSR count). The molecular formula is C19H19NO2. The van der Waals surface area contributed by atoms with Gasteiger partial charge in [0.1, 0.15) is 5.69 Å². The van der Waals surface area contributed by atoms with Crippen LogP contribution in [0.1, 0.15) is 28.5 Å². The van der Waals surface area contributed by atoms with Crippen molar-refractivity contribution in [2.24, 2.45) is 0 Å². The zero-order valence-corrected chi connectivity index (χ0v) is 12.6. The SMILES string of the molecule is CCOC(=O)c1cc2cc(CCc3ccccc3)ccc2[nH]1. The lowest BCUT2D eigenvalue weighted by molar-refractivity contribution is 0.0520. The van der Waals surface area contributed by atoms with Crippen LogP contribution < -0.4 is 0 Å². The first-order valence-electron chi connectivity index (χ1n) is 7.59. The number of aromatic amines is 1. The Morgan fingerprint density at radius 2 is 1.77 bits per heavy atom. The van der Waals surface area contributed by atoms with Gasteiger partial charge in [-0.05, 0) is 49.1 Å². The Balaban J connectivity index is 1.76. The number of hydrogen-bond donors (Lipinski definition) is 1. The molecule has 1 N–H and O–H groups in total. The van der Waals surface area contributed by atoms with E-state index in [1.807, 2.05) is 25.1 Å². The molecule has 0 spiro atoms. The predicted octanol–water partition coefficient (Wildman–Crippen LogP) is 4.13. The number of carbonyl (C=O) groups excluding carboxylic acids is 1. The number of esters is 1. The monoisotopic (exact) mass is 293 g/mol. The average molecular weight is 293 g/mol. The fourth-order valence-corrected chi connectivity index (χ4v) is 2.59. The van der Waals surface area contributed by atoms with Crippen LogP contribution in [0.3, 0.4) is 0 Å². The number of nitrogens with one attached hydrogen (secondary N) is 1. The molecule has 1 aromatic heterocycles. The van der Waals surface area contributed by atoms with Gasteiger partial charge in [0.2, 0.25) is 0 Å². The fraction of sp³-hybridized carbons (Fsp3) is 0.211. The van der Waals surface area contributed by atoms with Crippen LogP contribution in [0.25, 0.3) is 10.9 Å². The fourth-order valence-electron chi connectivity index (χ4n) is 2.59. The van der Waals surface area contributed by atoms with E-state index in [0.29, 0.717) is 12.3 Å². The van der Waals surface area contributed by atoms with E-state index in [-0.39, 0.29) is 5.97 Å². The normalized spacial score (nSPS) is 10.8. The molecular weight excluding hydrogens is 274 g/mol. The summed E-state index contributed by atoms with van der Waals surface area (Å²) >= 11 is 0. The van der Waals surface area contributed by atoms with Crippen LogP contribution in [0.15, 0.2) is 54.6 Å². The van der Waals surface area contributed by atoms with Crippen molar-refractivity contribution in [2.45, 2.75) is 19.8 Å². The van der Waals surface area contributed by atoms with Crippen molar-refractivity contribution in [3.63, 3.8) is 0 Å². The zero-order chi connectivity index (χ0) is 15.4. The van der Waals surface area contributed by atoms with Crippen molar-refractivity contribution in [2.75, 3.05) is 6.61 Å². The summed E-state index contributed by atoms with van der Waals surface area (Å²) in [6, 6.07) is 18.6. The van der Waals surface area contributed by atoms with Gasteiger partial charge < -0.3 is 9.72 Å². The minimum atomic E-state index is -0.301. The van der Waals surface area contributed by atoms with E-state index in [0.717, 1.165) is 23.7 Å². The van der Waals surface area contributed by atoms with Crippen LogP contribution in [0.2, 0.25) is 0 Å². The molecule has 1 heterocycles. The van der Waals surface area contributed by atoms with E-state index in [2.05, 4.69) is 41.4 Å². The molecule has 0 bridgehead atoms. The van der Waals surface area contributed by atoms with Crippen LogP contribution in [-0.4, -0.2) is 17.6 Å². The maximum Gasteiger partial charge on any atom is 0.354 e. The molecule has 0 radical (unpaired) electrons. The molecule has 2 aromatic carbocycles. The first-order chi connectivity index (χ1) is 10.8. The van der Waals surface area contributed by atoms with Crippen molar-refractivity contribution in [1.82, 2.24) is 4.98 Å². The van der Waals surface area contributed by atoms with Gasteiger partial charge in [-0.1, -0.05) is 36.4 Å². The molecule has 0 saturated heterocycles. The lowest BCUT2D eigenvalue weighted by atomic mass is 10.0. The van der Waals surface area contributed by atoms with Crippen molar-refractivity contribution >= 4 is 16.9 Å². The van der Waals surface area contributed by atoms with Gasteiger partial charge >= 0.3 is 5.97 Å². The van der Waals surface area contributed by atoms with E-state index >= 15 is 0 Å². The van der Waals surface area contributed by atoms with E-state index in [4.69, 9.17) is 4.74 Å². The Morgan fingerprint density at radius 1 is 1.00 bits per heavy atom. The Kier molecular flexibility index (Phi) is 4.24. The maximum atomic E-state index is 11.8. The average Bonchev–Trinajstić information content (AvgIpc) is 2.97. The van der Waals surface area contributed by atoms with Crippen molar-refractivity contribution < 1.29 is 9.53 Å². The molecule has 0 unspecified atom stereocenters. The Hall–Kier alpha value is -2.55. The van der Waals surface area contributed by atoms with Crippen molar-refractivity contribution in [1.29, 1.82) is 0 Å². The van der Waals surface area contributed by atoms with Crippen LogP contribution in [0, 0.1) is 0 Å². The standard InChI is InChI=1S/C19H19NO2/c1-2-22-19(21)18-13-16-12-15(10-11-17(16)20-18)9-8-14-6-4-3-5-7-14/h3-7,10-13,20H,2,8-9H2,1H3. The molecule has 0 saturated carbocycles. The first kappa shape index (κ1) is 14.4. The van der Waals surface area contributed by atoms with Gasteiger partial charge in [0.25, 0.3) is 0 Å². The van der Waals surface area contributed by atoms with Crippen LogP contribution in [0.4, 0.5) is 0 Å². The minimum absolute atomic E-state index is 0.301. The van der Waals surface area contributed by atoms with Crippen LogP contribution in [0.5, 0.6) is 0 Å². The number of fused-ring (bicyclic) bond motifs is 1. The number of aryl methyl sites for hydroxylation is 2. The Morgan fingerprint density at radius 3 is 2.55 bits per heavy atom. The molecule has 0 atom stereocenters. The highest BCUT2D eigenvalue weighted by Crippen LogP contribution is 2.19. The predicted molar refractivity (Wildman–Crippen MR) is 88.1 cm³/mol. The van der Waals surface area contributed by atoms with Crippen molar-refractivity contribution in [3.8, 4) is 0 Å². The molecule has 0 aliphatic rings. The molecule has 3 nitrogen and oxygen atoms in total. The highest BCUT2D eigenvalue weighted by Gasteiger charge is 2.10. The molecule has 3 aromatic rings. The van der Waals surface area contributed by atoms with Gasteiger partial charge in [-0.15, -0.1) is 0 Å². The smallest absolute Gasteiger partial charge is 0.354 e. The Labute approximate surface area is 129 Å². The number of hydrogen-bond acceptors (Lipinski definition) is 2. The molecule has 3 heteroatoms. The van der Waals surface area contributed by atoms with Gasteiger partial charge in [0.05, 0.1) is 6.61 Å². The third kappa shape index (κ3) is 3.19. The van der Waals surface area contributed by atoms with Gasteiger partial charge in [-0.3, -0.25) is 0 Å². The summed E-state index contributed by atoms with van der Waals surface area (Å²) in [5.41, 5.74) is 4.08. The molecule has 0 amide bonds. The second kappa shape index (κ2) is 6.48. The molecule has 0 fully saturated rings. The largest absolute Gasteiger partial charge is 0.461 e. The van der Waals surface area contributed by atoms with Gasteiger partial charge in [-0.2, -0.15) is 0 Å². The minimum Gasteiger partial charge on any atom is -0.461 e. The number of aromatic nitrogens is 1. The van der Waals surface area contributed by atoms with Gasteiger partial charge in [0, 0.05) is 10.9 Å². The molecule has 112 valence electrons. The summed E-state index contributed by atoms with van der Waals surface area (Å²) in [6.07, 6.45) is 2.00. The summed E-state index contributed by atoms with van der Waals surface area (Å²) in [5.74, 6) is -0.301. The second-order valence-electron chi connectivity index (χ2n) is 5.31.